The molecular formula is C19H27NS. The van der Waals surface area contributed by atoms with Crippen LogP contribution in [0.4, 0.5) is 0 Å². The molecule has 0 radical (unpaired) electrons. The van der Waals surface area contributed by atoms with Gasteiger partial charge in [-0.05, 0) is 47.1 Å². The van der Waals surface area contributed by atoms with Crippen LogP contribution in [-0.4, -0.2) is 11.8 Å². The first-order valence-electron chi connectivity index (χ1n) is 8.44. The molecule has 2 aliphatic carbocycles. The molecule has 0 aromatic heterocycles. The molecule has 1 aromatic rings. The van der Waals surface area contributed by atoms with Gasteiger partial charge in [-0.1, -0.05) is 45.0 Å². The van der Waals surface area contributed by atoms with Crippen LogP contribution in [0, 0.1) is 16.7 Å². The fraction of sp³-hybridized carbons (Fsp3) is 0.684. The van der Waals surface area contributed by atoms with Gasteiger partial charge in [0.1, 0.15) is 0 Å². The van der Waals surface area contributed by atoms with E-state index in [1.54, 1.807) is 11.1 Å². The highest BCUT2D eigenvalue weighted by Gasteiger charge is 2.61. The standard InChI is InChI=1S/C19H27NS/c1-18(2)14-8-9-19(18,3)17(10-14)20-16-12-21-11-13-6-4-5-7-15(13)16/h4-7,14,16-17,20H,8-12H2,1-3H3. The van der Waals surface area contributed by atoms with E-state index in [2.05, 4.69) is 62.1 Å². The van der Waals surface area contributed by atoms with E-state index in [1.807, 2.05) is 0 Å². The summed E-state index contributed by atoms with van der Waals surface area (Å²) >= 11 is 2.09. The monoisotopic (exact) mass is 301 g/mol. The molecule has 114 valence electrons. The van der Waals surface area contributed by atoms with Gasteiger partial charge in [-0.3, -0.25) is 0 Å². The molecule has 21 heavy (non-hydrogen) atoms. The van der Waals surface area contributed by atoms with Gasteiger partial charge in [0.15, 0.2) is 0 Å². The summed E-state index contributed by atoms with van der Waals surface area (Å²) in [5, 5.41) is 4.08. The van der Waals surface area contributed by atoms with Gasteiger partial charge >= 0.3 is 0 Å². The maximum Gasteiger partial charge on any atom is 0.0417 e. The van der Waals surface area contributed by atoms with Gasteiger partial charge in [0.25, 0.3) is 0 Å². The van der Waals surface area contributed by atoms with Crippen LogP contribution < -0.4 is 5.32 Å². The summed E-state index contributed by atoms with van der Waals surface area (Å²) in [5.41, 5.74) is 4.08. The number of rotatable bonds is 2. The molecular weight excluding hydrogens is 274 g/mol. The first-order chi connectivity index (χ1) is 10.0. The largest absolute Gasteiger partial charge is 0.306 e. The molecule has 1 aliphatic heterocycles. The van der Waals surface area contributed by atoms with E-state index in [0.717, 1.165) is 5.92 Å². The van der Waals surface area contributed by atoms with Gasteiger partial charge in [0, 0.05) is 23.6 Å². The lowest BCUT2D eigenvalue weighted by molar-refractivity contribution is 0.116. The first-order valence-corrected chi connectivity index (χ1v) is 9.59. The van der Waals surface area contributed by atoms with Crippen molar-refractivity contribution in [3.8, 4) is 0 Å². The highest BCUT2D eigenvalue weighted by Crippen LogP contribution is 2.65. The SMILES string of the molecule is CC1(C)C2CCC1(C)C(NC1CSCc3ccccc31)C2. The van der Waals surface area contributed by atoms with Crippen LogP contribution in [0.25, 0.3) is 0 Å². The van der Waals surface area contributed by atoms with Crippen molar-refractivity contribution in [1.29, 1.82) is 0 Å². The maximum absolute atomic E-state index is 4.08. The Balaban J connectivity index is 1.59. The van der Waals surface area contributed by atoms with Crippen LogP contribution in [0.1, 0.15) is 57.2 Å². The minimum Gasteiger partial charge on any atom is -0.306 e. The predicted octanol–water partition coefficient (Wildman–Crippen LogP) is 4.78. The average Bonchev–Trinajstić information content (AvgIpc) is 2.81. The van der Waals surface area contributed by atoms with Crippen molar-refractivity contribution >= 4 is 11.8 Å². The van der Waals surface area contributed by atoms with E-state index in [9.17, 15) is 0 Å². The Morgan fingerprint density at radius 1 is 1.19 bits per heavy atom. The minimum atomic E-state index is 0.481. The lowest BCUT2D eigenvalue weighted by atomic mass is 9.69. The van der Waals surface area contributed by atoms with Crippen molar-refractivity contribution in [2.24, 2.45) is 16.7 Å². The van der Waals surface area contributed by atoms with Crippen molar-refractivity contribution in [2.45, 2.75) is 57.9 Å². The summed E-state index contributed by atoms with van der Waals surface area (Å²) in [5.74, 6) is 3.34. The van der Waals surface area contributed by atoms with E-state index >= 15 is 0 Å². The topological polar surface area (TPSA) is 12.0 Å². The van der Waals surface area contributed by atoms with Crippen LogP contribution in [0.2, 0.25) is 0 Å². The quantitative estimate of drug-likeness (QED) is 0.843. The maximum atomic E-state index is 4.08. The molecule has 2 bridgehead atoms. The molecule has 1 nitrogen and oxygen atoms in total. The van der Waals surface area contributed by atoms with Gasteiger partial charge in [-0.2, -0.15) is 11.8 Å². The second kappa shape index (κ2) is 4.76. The summed E-state index contributed by atoms with van der Waals surface area (Å²) in [7, 11) is 0. The van der Waals surface area contributed by atoms with Crippen molar-refractivity contribution in [2.75, 3.05) is 5.75 Å². The molecule has 0 spiro atoms. The summed E-state index contributed by atoms with van der Waals surface area (Å²) in [6, 6.07) is 10.3. The molecule has 4 atom stereocenters. The second-order valence-corrected chi connectivity index (χ2v) is 9.13. The molecule has 2 fully saturated rings. The fourth-order valence-electron chi connectivity index (χ4n) is 5.22. The number of hydrogen-bond acceptors (Lipinski definition) is 2. The van der Waals surface area contributed by atoms with Crippen LogP contribution in [0.15, 0.2) is 24.3 Å². The third-order valence-electron chi connectivity index (χ3n) is 7.17. The van der Waals surface area contributed by atoms with Crippen LogP contribution in [0.3, 0.4) is 0 Å². The average molecular weight is 301 g/mol. The summed E-state index contributed by atoms with van der Waals surface area (Å²) in [6.07, 6.45) is 4.23. The zero-order valence-electron chi connectivity index (χ0n) is 13.5. The molecule has 0 saturated heterocycles. The fourth-order valence-corrected chi connectivity index (χ4v) is 6.33. The van der Waals surface area contributed by atoms with Crippen molar-refractivity contribution < 1.29 is 0 Å². The van der Waals surface area contributed by atoms with Crippen LogP contribution >= 0.6 is 11.8 Å². The molecule has 1 aromatic carbocycles. The number of benzene rings is 1. The van der Waals surface area contributed by atoms with Gasteiger partial charge in [0.2, 0.25) is 0 Å². The van der Waals surface area contributed by atoms with Gasteiger partial charge in [-0.25, -0.2) is 0 Å². The Morgan fingerprint density at radius 3 is 2.71 bits per heavy atom. The highest BCUT2D eigenvalue weighted by atomic mass is 32.2. The van der Waals surface area contributed by atoms with E-state index in [4.69, 9.17) is 0 Å². The molecule has 2 saturated carbocycles. The Kier molecular flexibility index (Phi) is 3.21. The van der Waals surface area contributed by atoms with Gasteiger partial charge < -0.3 is 5.32 Å². The normalized spacial score (nSPS) is 40.2. The van der Waals surface area contributed by atoms with Crippen molar-refractivity contribution in [3.63, 3.8) is 0 Å². The predicted molar refractivity (Wildman–Crippen MR) is 91.5 cm³/mol. The molecule has 1 heterocycles. The Morgan fingerprint density at radius 2 is 2.00 bits per heavy atom. The molecule has 0 amide bonds. The Labute approximate surface area is 133 Å². The second-order valence-electron chi connectivity index (χ2n) is 8.10. The molecule has 4 unspecified atom stereocenters. The van der Waals surface area contributed by atoms with Crippen molar-refractivity contribution in [1.82, 2.24) is 5.32 Å². The van der Waals surface area contributed by atoms with Crippen LogP contribution in [-0.2, 0) is 5.75 Å². The summed E-state index contributed by atoms with van der Waals surface area (Å²) in [4.78, 5) is 0. The number of hydrogen-bond donors (Lipinski definition) is 1. The number of thioether (sulfide) groups is 1. The number of fused-ring (bicyclic) bond motifs is 3. The van der Waals surface area contributed by atoms with Crippen LogP contribution in [0.5, 0.6) is 0 Å². The lowest BCUT2D eigenvalue weighted by Gasteiger charge is -2.42. The molecule has 1 N–H and O–H groups in total. The van der Waals surface area contributed by atoms with E-state index < -0.39 is 0 Å². The minimum absolute atomic E-state index is 0.481. The highest BCUT2D eigenvalue weighted by molar-refractivity contribution is 7.98. The third kappa shape index (κ3) is 1.95. The zero-order chi connectivity index (χ0) is 14.7. The van der Waals surface area contributed by atoms with Crippen molar-refractivity contribution in [3.05, 3.63) is 35.4 Å². The van der Waals surface area contributed by atoms with Gasteiger partial charge in [-0.15, -0.1) is 0 Å². The molecule has 2 heteroatoms. The Hall–Kier alpha value is -0.470. The number of nitrogens with one attached hydrogen (secondary N) is 1. The molecule has 4 rings (SSSR count). The third-order valence-corrected chi connectivity index (χ3v) is 8.25. The first kappa shape index (κ1) is 14.1. The summed E-state index contributed by atoms with van der Waals surface area (Å²) < 4.78 is 0. The van der Waals surface area contributed by atoms with E-state index in [0.29, 0.717) is 22.9 Å². The Bertz CT molecular complexity index is 552. The smallest absolute Gasteiger partial charge is 0.0417 e. The van der Waals surface area contributed by atoms with Gasteiger partial charge in [0.05, 0.1) is 0 Å². The summed E-state index contributed by atoms with van der Waals surface area (Å²) in [6.45, 7) is 7.56. The zero-order valence-corrected chi connectivity index (χ0v) is 14.3. The lowest BCUT2D eigenvalue weighted by Crippen LogP contribution is -2.46. The van der Waals surface area contributed by atoms with E-state index in [1.165, 1.54) is 30.8 Å². The molecule has 3 aliphatic rings. The van der Waals surface area contributed by atoms with E-state index in [-0.39, 0.29) is 0 Å².